The predicted molar refractivity (Wildman–Crippen MR) is 71.9 cm³/mol. The average Bonchev–Trinajstić information content (AvgIpc) is 2.39. The summed E-state index contributed by atoms with van der Waals surface area (Å²) in [6.07, 6.45) is 0. The van der Waals surface area contributed by atoms with Gasteiger partial charge in [-0.2, -0.15) is 0 Å². The summed E-state index contributed by atoms with van der Waals surface area (Å²) in [5, 5.41) is 11.8. The van der Waals surface area contributed by atoms with Gasteiger partial charge in [-0.15, -0.1) is 0 Å². The van der Waals surface area contributed by atoms with Crippen molar-refractivity contribution in [2.24, 2.45) is 0 Å². The van der Waals surface area contributed by atoms with E-state index in [1.807, 2.05) is 31.2 Å². The van der Waals surface area contributed by atoms with Gasteiger partial charge >= 0.3 is 5.97 Å². The van der Waals surface area contributed by atoms with Gasteiger partial charge < -0.3 is 10.4 Å². The Morgan fingerprint density at radius 3 is 2.68 bits per heavy atom. The van der Waals surface area contributed by atoms with Crippen LogP contribution in [0.4, 0.5) is 10.1 Å². The smallest absolute Gasteiger partial charge is 0.335 e. The van der Waals surface area contributed by atoms with Crippen molar-refractivity contribution in [3.63, 3.8) is 0 Å². The average molecular weight is 259 g/mol. The number of halogens is 1. The maximum Gasteiger partial charge on any atom is 0.335 e. The first-order valence-corrected chi connectivity index (χ1v) is 5.89. The summed E-state index contributed by atoms with van der Waals surface area (Å²) >= 11 is 0. The molecule has 2 N–H and O–H groups in total. The van der Waals surface area contributed by atoms with Gasteiger partial charge in [-0.1, -0.05) is 24.3 Å². The molecule has 0 fully saturated rings. The molecule has 0 aliphatic heterocycles. The molecule has 2 aromatic carbocycles. The number of carbonyl (C=O) groups is 1. The van der Waals surface area contributed by atoms with Gasteiger partial charge in [-0.3, -0.25) is 0 Å². The molecule has 3 nitrogen and oxygen atoms in total. The van der Waals surface area contributed by atoms with Gasteiger partial charge in [0, 0.05) is 6.54 Å². The fourth-order valence-corrected chi connectivity index (χ4v) is 1.79. The lowest BCUT2D eigenvalue weighted by Crippen LogP contribution is -2.05. The van der Waals surface area contributed by atoms with Crippen LogP contribution in [-0.4, -0.2) is 11.1 Å². The molecular weight excluding hydrogens is 245 g/mol. The molecule has 0 radical (unpaired) electrons. The van der Waals surface area contributed by atoms with Crippen LogP contribution in [0.25, 0.3) is 0 Å². The number of hydrogen-bond donors (Lipinski definition) is 2. The molecule has 19 heavy (non-hydrogen) atoms. The van der Waals surface area contributed by atoms with Crippen LogP contribution < -0.4 is 5.32 Å². The molecule has 0 spiro atoms. The lowest BCUT2D eigenvalue weighted by molar-refractivity contribution is 0.0697. The molecule has 0 atom stereocenters. The van der Waals surface area contributed by atoms with Gasteiger partial charge in [0.25, 0.3) is 0 Å². The minimum Gasteiger partial charge on any atom is -0.478 e. The Balaban J connectivity index is 2.17. The molecule has 2 rings (SSSR count). The molecule has 0 aliphatic carbocycles. The third-order valence-electron chi connectivity index (χ3n) is 2.94. The predicted octanol–water partition coefficient (Wildman–Crippen LogP) is 3.44. The van der Waals surface area contributed by atoms with Crippen LogP contribution in [0.2, 0.25) is 0 Å². The van der Waals surface area contributed by atoms with Crippen LogP contribution in [-0.2, 0) is 6.54 Å². The Morgan fingerprint density at radius 1 is 1.26 bits per heavy atom. The molecule has 2 aromatic rings. The number of anilines is 1. The molecule has 0 unspecified atom stereocenters. The highest BCUT2D eigenvalue weighted by Crippen LogP contribution is 2.18. The Labute approximate surface area is 110 Å². The number of hydrogen-bond acceptors (Lipinski definition) is 2. The number of aryl methyl sites for hydroxylation is 1. The molecule has 4 heteroatoms. The van der Waals surface area contributed by atoms with E-state index in [9.17, 15) is 9.18 Å². The Kier molecular flexibility index (Phi) is 3.80. The van der Waals surface area contributed by atoms with Crippen molar-refractivity contribution in [1.82, 2.24) is 0 Å². The number of aromatic carboxylic acids is 1. The van der Waals surface area contributed by atoms with E-state index in [4.69, 9.17) is 5.11 Å². The highest BCUT2D eigenvalue weighted by Gasteiger charge is 2.08. The second-order valence-electron chi connectivity index (χ2n) is 4.28. The molecule has 0 saturated heterocycles. The second kappa shape index (κ2) is 5.52. The first kappa shape index (κ1) is 13.1. The SMILES string of the molecule is Cc1ccccc1CNc1cc(C(=O)O)ccc1F. The van der Waals surface area contributed by atoms with Crippen molar-refractivity contribution in [3.05, 3.63) is 65.0 Å². The molecular formula is C15H14FNO2. The van der Waals surface area contributed by atoms with Crippen molar-refractivity contribution in [2.75, 3.05) is 5.32 Å². The summed E-state index contributed by atoms with van der Waals surface area (Å²) in [7, 11) is 0. The zero-order chi connectivity index (χ0) is 13.8. The highest BCUT2D eigenvalue weighted by atomic mass is 19.1. The van der Waals surface area contributed by atoms with E-state index < -0.39 is 11.8 Å². The minimum atomic E-state index is -1.07. The van der Waals surface area contributed by atoms with Crippen LogP contribution in [0.1, 0.15) is 21.5 Å². The van der Waals surface area contributed by atoms with E-state index in [1.165, 1.54) is 12.1 Å². The van der Waals surface area contributed by atoms with Crippen LogP contribution in [0.5, 0.6) is 0 Å². The summed E-state index contributed by atoms with van der Waals surface area (Å²) in [4.78, 5) is 10.8. The fourth-order valence-electron chi connectivity index (χ4n) is 1.79. The van der Waals surface area contributed by atoms with E-state index in [-0.39, 0.29) is 11.3 Å². The van der Waals surface area contributed by atoms with Crippen LogP contribution >= 0.6 is 0 Å². The summed E-state index contributed by atoms with van der Waals surface area (Å²) in [5.41, 5.74) is 2.41. The summed E-state index contributed by atoms with van der Waals surface area (Å²) in [5.74, 6) is -1.53. The van der Waals surface area contributed by atoms with Gasteiger partial charge in [-0.05, 0) is 36.2 Å². The summed E-state index contributed by atoms with van der Waals surface area (Å²) < 4.78 is 13.6. The molecule has 0 saturated carbocycles. The van der Waals surface area contributed by atoms with Crippen molar-refractivity contribution < 1.29 is 14.3 Å². The Morgan fingerprint density at radius 2 is 2.00 bits per heavy atom. The van der Waals surface area contributed by atoms with Crippen molar-refractivity contribution in [1.29, 1.82) is 0 Å². The summed E-state index contributed by atoms with van der Waals surface area (Å²) in [6, 6.07) is 11.5. The molecule has 0 amide bonds. The van der Waals surface area contributed by atoms with Crippen LogP contribution in [0.15, 0.2) is 42.5 Å². The van der Waals surface area contributed by atoms with Crippen LogP contribution in [0, 0.1) is 12.7 Å². The Bertz CT molecular complexity index is 611. The maximum absolute atomic E-state index is 13.6. The molecule has 0 aromatic heterocycles. The number of rotatable bonds is 4. The molecule has 0 aliphatic rings. The molecule has 98 valence electrons. The maximum atomic E-state index is 13.6. The third-order valence-corrected chi connectivity index (χ3v) is 2.94. The van der Waals surface area contributed by atoms with E-state index in [0.717, 1.165) is 17.2 Å². The van der Waals surface area contributed by atoms with Crippen molar-refractivity contribution in [3.8, 4) is 0 Å². The van der Waals surface area contributed by atoms with Crippen LogP contribution in [0.3, 0.4) is 0 Å². The lowest BCUT2D eigenvalue weighted by Gasteiger charge is -2.10. The van der Waals surface area contributed by atoms with Gasteiger partial charge in [0.1, 0.15) is 5.82 Å². The minimum absolute atomic E-state index is 0.0636. The molecule has 0 bridgehead atoms. The van der Waals surface area contributed by atoms with E-state index in [2.05, 4.69) is 5.32 Å². The first-order valence-electron chi connectivity index (χ1n) is 5.89. The lowest BCUT2D eigenvalue weighted by atomic mass is 10.1. The quantitative estimate of drug-likeness (QED) is 0.884. The van der Waals surface area contributed by atoms with Gasteiger partial charge in [0.05, 0.1) is 11.3 Å². The normalized spacial score (nSPS) is 10.2. The van der Waals surface area contributed by atoms with Gasteiger partial charge in [0.15, 0.2) is 0 Å². The van der Waals surface area contributed by atoms with Gasteiger partial charge in [0.2, 0.25) is 0 Å². The standard InChI is InChI=1S/C15H14FNO2/c1-10-4-2-3-5-12(10)9-17-14-8-11(15(18)19)6-7-13(14)16/h2-8,17H,9H2,1H3,(H,18,19). The highest BCUT2D eigenvalue weighted by molar-refractivity contribution is 5.88. The largest absolute Gasteiger partial charge is 0.478 e. The van der Waals surface area contributed by atoms with E-state index >= 15 is 0 Å². The number of carboxylic acid groups (broad SMARTS) is 1. The zero-order valence-corrected chi connectivity index (χ0v) is 10.5. The second-order valence-corrected chi connectivity index (χ2v) is 4.28. The number of carboxylic acids is 1. The monoisotopic (exact) mass is 259 g/mol. The fraction of sp³-hybridized carbons (Fsp3) is 0.133. The zero-order valence-electron chi connectivity index (χ0n) is 10.5. The van der Waals surface area contributed by atoms with E-state index in [1.54, 1.807) is 0 Å². The van der Waals surface area contributed by atoms with Crippen molar-refractivity contribution in [2.45, 2.75) is 13.5 Å². The third kappa shape index (κ3) is 3.10. The number of nitrogens with one attached hydrogen (secondary N) is 1. The van der Waals surface area contributed by atoms with Gasteiger partial charge in [-0.25, -0.2) is 9.18 Å². The number of benzene rings is 2. The summed E-state index contributed by atoms with van der Waals surface area (Å²) in [6.45, 7) is 2.42. The van der Waals surface area contributed by atoms with Crippen molar-refractivity contribution >= 4 is 11.7 Å². The van der Waals surface area contributed by atoms with E-state index in [0.29, 0.717) is 6.54 Å². The Hall–Kier alpha value is -2.36. The molecule has 0 heterocycles. The first-order chi connectivity index (χ1) is 9.08. The topological polar surface area (TPSA) is 49.3 Å².